The number of pyridine rings is 1. The van der Waals surface area contributed by atoms with Crippen LogP contribution < -0.4 is 10.1 Å². The van der Waals surface area contributed by atoms with Gasteiger partial charge in [-0.25, -0.2) is 4.98 Å². The van der Waals surface area contributed by atoms with E-state index in [4.69, 9.17) is 10.00 Å². The van der Waals surface area contributed by atoms with Crippen molar-refractivity contribution in [2.45, 2.75) is 45.1 Å². The summed E-state index contributed by atoms with van der Waals surface area (Å²) in [7, 11) is 0. The highest BCUT2D eigenvalue weighted by atomic mass is 16.5. The van der Waals surface area contributed by atoms with Gasteiger partial charge in [-0.15, -0.1) is 0 Å². The van der Waals surface area contributed by atoms with E-state index in [0.717, 1.165) is 25.7 Å². The Balaban J connectivity index is 1.60. The standard InChI is InChI=1S/C23H27N3O3/c1-23(2,28)18-10-8-16(9-11-18)15-26-21(27)20-7-4-12-25-22(20)29-19-6-3-5-17(13-19)14-24/h3-7,12-13,16,18,28H,8-11,15H2,1-2H3,(H,26,27). The normalized spacial score (nSPS) is 19.2. The Bertz CT molecular complexity index is 891. The predicted octanol–water partition coefficient (Wildman–Crippen LogP) is 4.05. The number of aromatic nitrogens is 1. The van der Waals surface area contributed by atoms with E-state index in [0.29, 0.717) is 35.3 Å². The average Bonchev–Trinajstić information content (AvgIpc) is 2.72. The lowest BCUT2D eigenvalue weighted by Gasteiger charge is -2.35. The molecule has 2 aromatic rings. The van der Waals surface area contributed by atoms with Gasteiger partial charge in [-0.2, -0.15) is 5.26 Å². The molecule has 1 amide bonds. The lowest BCUT2D eigenvalue weighted by molar-refractivity contribution is -0.00575. The lowest BCUT2D eigenvalue weighted by atomic mass is 9.75. The first-order valence-corrected chi connectivity index (χ1v) is 10.0. The number of aliphatic hydroxyl groups is 1. The highest BCUT2D eigenvalue weighted by Gasteiger charge is 2.31. The van der Waals surface area contributed by atoms with E-state index in [1.165, 1.54) is 0 Å². The first kappa shape index (κ1) is 20.8. The summed E-state index contributed by atoms with van der Waals surface area (Å²) in [6.45, 7) is 4.34. The summed E-state index contributed by atoms with van der Waals surface area (Å²) in [4.78, 5) is 16.9. The van der Waals surface area contributed by atoms with Crippen LogP contribution in [0.25, 0.3) is 0 Å². The summed E-state index contributed by atoms with van der Waals surface area (Å²) < 4.78 is 5.77. The third-order valence-electron chi connectivity index (χ3n) is 5.59. The molecular weight excluding hydrogens is 366 g/mol. The average molecular weight is 393 g/mol. The van der Waals surface area contributed by atoms with Gasteiger partial charge in [0.25, 0.3) is 5.91 Å². The minimum atomic E-state index is -0.640. The number of rotatable bonds is 6. The van der Waals surface area contributed by atoms with Crippen LogP contribution in [0.3, 0.4) is 0 Å². The van der Waals surface area contributed by atoms with E-state index >= 15 is 0 Å². The van der Waals surface area contributed by atoms with Gasteiger partial charge in [0, 0.05) is 12.7 Å². The molecule has 1 heterocycles. The number of nitrogens with zero attached hydrogens (tertiary/aromatic N) is 2. The fraction of sp³-hybridized carbons (Fsp3) is 0.435. The highest BCUT2D eigenvalue weighted by molar-refractivity contribution is 5.96. The van der Waals surface area contributed by atoms with Crippen LogP contribution in [-0.4, -0.2) is 28.1 Å². The second-order valence-electron chi connectivity index (χ2n) is 8.18. The summed E-state index contributed by atoms with van der Waals surface area (Å²) in [5, 5.41) is 22.2. The van der Waals surface area contributed by atoms with Crippen LogP contribution in [-0.2, 0) is 0 Å². The molecule has 1 aliphatic carbocycles. The molecule has 0 aliphatic heterocycles. The van der Waals surface area contributed by atoms with Gasteiger partial charge in [0.2, 0.25) is 5.88 Å². The number of benzene rings is 1. The van der Waals surface area contributed by atoms with E-state index in [1.54, 1.807) is 42.6 Å². The zero-order valence-corrected chi connectivity index (χ0v) is 16.9. The number of carbonyl (C=O) groups excluding carboxylic acids is 1. The van der Waals surface area contributed by atoms with E-state index in [2.05, 4.69) is 16.4 Å². The maximum Gasteiger partial charge on any atom is 0.256 e. The second kappa shape index (κ2) is 9.06. The molecule has 0 unspecified atom stereocenters. The first-order valence-electron chi connectivity index (χ1n) is 10.0. The molecule has 0 radical (unpaired) electrons. The van der Waals surface area contributed by atoms with Crippen LogP contribution in [0.1, 0.15) is 55.5 Å². The largest absolute Gasteiger partial charge is 0.438 e. The maximum absolute atomic E-state index is 12.7. The smallest absolute Gasteiger partial charge is 0.256 e. The number of carbonyl (C=O) groups is 1. The minimum absolute atomic E-state index is 0.214. The van der Waals surface area contributed by atoms with Crippen molar-refractivity contribution >= 4 is 5.91 Å². The molecule has 1 aromatic heterocycles. The van der Waals surface area contributed by atoms with Gasteiger partial charge in [0.1, 0.15) is 11.3 Å². The second-order valence-corrected chi connectivity index (χ2v) is 8.18. The molecule has 1 aromatic carbocycles. The lowest BCUT2D eigenvalue weighted by Crippen LogP contribution is -2.37. The molecular formula is C23H27N3O3. The molecule has 3 rings (SSSR count). The molecule has 1 fully saturated rings. The number of nitriles is 1. The Morgan fingerprint density at radius 3 is 2.72 bits per heavy atom. The number of hydrogen-bond donors (Lipinski definition) is 2. The van der Waals surface area contributed by atoms with Gasteiger partial charge in [-0.05, 0) is 81.7 Å². The summed E-state index contributed by atoms with van der Waals surface area (Å²) in [6.07, 6.45) is 5.50. The summed E-state index contributed by atoms with van der Waals surface area (Å²) in [6, 6.07) is 12.2. The summed E-state index contributed by atoms with van der Waals surface area (Å²) in [5.41, 5.74) is 0.199. The van der Waals surface area contributed by atoms with Crippen molar-refractivity contribution in [1.29, 1.82) is 5.26 Å². The Hall–Kier alpha value is -2.91. The fourth-order valence-electron chi connectivity index (χ4n) is 3.79. The molecule has 6 heteroatoms. The van der Waals surface area contributed by atoms with Crippen molar-refractivity contribution in [3.63, 3.8) is 0 Å². The van der Waals surface area contributed by atoms with Crippen LogP contribution in [0.4, 0.5) is 0 Å². The van der Waals surface area contributed by atoms with Crippen molar-refractivity contribution in [3.8, 4) is 17.7 Å². The van der Waals surface area contributed by atoms with Gasteiger partial charge in [0.15, 0.2) is 0 Å². The Morgan fingerprint density at radius 2 is 2.03 bits per heavy atom. The maximum atomic E-state index is 12.7. The molecule has 1 aliphatic rings. The van der Waals surface area contributed by atoms with Crippen LogP contribution in [0.15, 0.2) is 42.6 Å². The molecule has 0 saturated heterocycles. The van der Waals surface area contributed by atoms with Crippen molar-refractivity contribution in [2.75, 3.05) is 6.54 Å². The van der Waals surface area contributed by atoms with Crippen LogP contribution in [0.5, 0.6) is 11.6 Å². The Labute approximate surface area is 171 Å². The van der Waals surface area contributed by atoms with Crippen LogP contribution in [0.2, 0.25) is 0 Å². The minimum Gasteiger partial charge on any atom is -0.438 e. The molecule has 152 valence electrons. The van der Waals surface area contributed by atoms with Gasteiger partial charge in [-0.1, -0.05) is 6.07 Å². The molecule has 0 spiro atoms. The van der Waals surface area contributed by atoms with Crippen molar-refractivity contribution in [2.24, 2.45) is 11.8 Å². The zero-order valence-electron chi connectivity index (χ0n) is 16.9. The van der Waals surface area contributed by atoms with Crippen LogP contribution >= 0.6 is 0 Å². The number of ether oxygens (including phenoxy) is 1. The van der Waals surface area contributed by atoms with E-state index in [-0.39, 0.29) is 11.8 Å². The molecule has 2 N–H and O–H groups in total. The van der Waals surface area contributed by atoms with Crippen molar-refractivity contribution < 1.29 is 14.6 Å². The topological polar surface area (TPSA) is 95.2 Å². The van der Waals surface area contributed by atoms with E-state index in [9.17, 15) is 9.90 Å². The van der Waals surface area contributed by atoms with Gasteiger partial charge in [0.05, 0.1) is 17.2 Å². The summed E-state index contributed by atoms with van der Waals surface area (Å²) >= 11 is 0. The van der Waals surface area contributed by atoms with Gasteiger partial charge >= 0.3 is 0 Å². The molecule has 29 heavy (non-hydrogen) atoms. The monoisotopic (exact) mass is 393 g/mol. The highest BCUT2D eigenvalue weighted by Crippen LogP contribution is 2.35. The number of hydrogen-bond acceptors (Lipinski definition) is 5. The Morgan fingerprint density at radius 1 is 1.28 bits per heavy atom. The zero-order chi connectivity index (χ0) is 20.9. The molecule has 1 saturated carbocycles. The first-order chi connectivity index (χ1) is 13.9. The van der Waals surface area contributed by atoms with E-state index in [1.807, 2.05) is 13.8 Å². The van der Waals surface area contributed by atoms with Crippen molar-refractivity contribution in [3.05, 3.63) is 53.7 Å². The predicted molar refractivity (Wildman–Crippen MR) is 110 cm³/mol. The van der Waals surface area contributed by atoms with Crippen LogP contribution in [0, 0.1) is 23.2 Å². The number of amides is 1. The third-order valence-corrected chi connectivity index (χ3v) is 5.59. The molecule has 6 nitrogen and oxygen atoms in total. The fourth-order valence-corrected chi connectivity index (χ4v) is 3.79. The van der Waals surface area contributed by atoms with E-state index < -0.39 is 5.60 Å². The van der Waals surface area contributed by atoms with Gasteiger partial charge < -0.3 is 15.2 Å². The van der Waals surface area contributed by atoms with Gasteiger partial charge in [-0.3, -0.25) is 4.79 Å². The summed E-state index contributed by atoms with van der Waals surface area (Å²) in [5.74, 6) is 1.17. The number of nitrogens with one attached hydrogen (secondary N) is 1. The van der Waals surface area contributed by atoms with Crippen molar-refractivity contribution in [1.82, 2.24) is 10.3 Å². The Kier molecular flexibility index (Phi) is 6.50. The molecule has 0 bridgehead atoms. The third kappa shape index (κ3) is 5.55. The molecule has 0 atom stereocenters. The SMILES string of the molecule is CC(C)(O)C1CCC(CNC(=O)c2cccnc2Oc2cccc(C#N)c2)CC1. The quantitative estimate of drug-likeness (QED) is 0.772.